The van der Waals surface area contributed by atoms with Gasteiger partial charge in [0.2, 0.25) is 0 Å². The van der Waals surface area contributed by atoms with Gasteiger partial charge in [0.1, 0.15) is 12.4 Å². The zero-order valence-electron chi connectivity index (χ0n) is 19.5. The Morgan fingerprint density at radius 2 is 1.36 bits per heavy atom. The Kier molecular flexibility index (Phi) is 10.8. The minimum Gasteiger partial charge on any atom is -0.492 e. The Bertz CT molecular complexity index is 1150. The summed E-state index contributed by atoms with van der Waals surface area (Å²) in [5.74, 6) is -6.33. The summed E-state index contributed by atoms with van der Waals surface area (Å²) in [5, 5.41) is 30.9. The highest BCUT2D eigenvalue weighted by Crippen LogP contribution is 2.38. The van der Waals surface area contributed by atoms with Crippen molar-refractivity contribution in [3.05, 3.63) is 54.1 Å². The topological polar surface area (TPSA) is 162 Å². The van der Waals surface area contributed by atoms with E-state index < -0.39 is 23.9 Å². The number of carboxylic acids is 4. The molecule has 0 radical (unpaired) electrons. The first-order valence-electron chi connectivity index (χ1n) is 11.0. The molecule has 0 aliphatic carbocycles. The molecule has 11 heteroatoms. The molecule has 1 fully saturated rings. The summed E-state index contributed by atoms with van der Waals surface area (Å²) in [6, 6.07) is 17.2. The lowest BCUT2D eigenvalue weighted by atomic mass is 10.1. The van der Waals surface area contributed by atoms with Gasteiger partial charge in [-0.15, -0.1) is 11.3 Å². The average Bonchev–Trinajstić information content (AvgIpc) is 3.48. The number of benzene rings is 2. The Balaban J connectivity index is 0.000000319. The van der Waals surface area contributed by atoms with E-state index in [0.29, 0.717) is 0 Å². The third-order valence-corrected chi connectivity index (χ3v) is 6.52. The predicted molar refractivity (Wildman–Crippen MR) is 134 cm³/mol. The molecular weight excluding hydrogens is 490 g/mol. The number of hydrogen-bond donors (Lipinski definition) is 4. The molecule has 1 aliphatic heterocycles. The third-order valence-electron chi connectivity index (χ3n) is 5.20. The van der Waals surface area contributed by atoms with Crippen LogP contribution in [-0.2, 0) is 19.2 Å². The molecule has 0 saturated carbocycles. The zero-order chi connectivity index (χ0) is 26.7. The van der Waals surface area contributed by atoms with E-state index in [4.69, 9.17) is 44.3 Å². The molecule has 10 nitrogen and oxygen atoms in total. The van der Waals surface area contributed by atoms with E-state index in [1.165, 1.54) is 52.0 Å². The van der Waals surface area contributed by atoms with E-state index in [0.717, 1.165) is 18.9 Å². The van der Waals surface area contributed by atoms with Crippen molar-refractivity contribution in [2.75, 3.05) is 26.2 Å². The van der Waals surface area contributed by atoms with Crippen molar-refractivity contribution in [2.24, 2.45) is 0 Å². The van der Waals surface area contributed by atoms with Gasteiger partial charge in [0.15, 0.2) is 0 Å². The fourth-order valence-corrected chi connectivity index (χ4v) is 4.67. The second kappa shape index (κ2) is 13.8. The SMILES string of the molecule is Cc1c(-c2ccc(OCCN3CCCC3)cc2)sc2ccccc12.O=C(O)C(=O)O.O=C(O)C(=O)O. The molecule has 36 heavy (non-hydrogen) atoms. The molecule has 0 spiro atoms. The van der Waals surface area contributed by atoms with E-state index in [2.05, 4.69) is 60.4 Å². The van der Waals surface area contributed by atoms with Gasteiger partial charge < -0.3 is 25.2 Å². The standard InChI is InChI=1S/C21H23NOS.2C2H2O4/c1-16-19-6-2-3-7-20(19)24-21(16)17-8-10-18(11-9-17)23-15-14-22-12-4-5-13-22;2*3-1(4)2(5)6/h2-3,6-11H,4-5,12-15H2,1H3;2*(H,3,4)(H,5,6). The van der Waals surface area contributed by atoms with Crippen LogP contribution in [0.4, 0.5) is 0 Å². The lowest BCUT2D eigenvalue weighted by Crippen LogP contribution is -2.25. The Labute approximate surface area is 211 Å². The molecule has 1 aromatic heterocycles. The first kappa shape index (κ1) is 28.3. The molecule has 0 unspecified atom stereocenters. The maximum Gasteiger partial charge on any atom is 0.414 e. The number of aryl methyl sites for hydroxylation is 1. The summed E-state index contributed by atoms with van der Waals surface area (Å²) < 4.78 is 7.27. The van der Waals surface area contributed by atoms with E-state index in [9.17, 15) is 0 Å². The number of thiophene rings is 1. The minimum absolute atomic E-state index is 0.779. The zero-order valence-corrected chi connectivity index (χ0v) is 20.4. The molecule has 2 aromatic carbocycles. The summed E-state index contributed by atoms with van der Waals surface area (Å²) in [5.41, 5.74) is 2.65. The second-order valence-corrected chi connectivity index (χ2v) is 8.75. The first-order chi connectivity index (χ1) is 17.1. The van der Waals surface area contributed by atoms with Gasteiger partial charge in [-0.25, -0.2) is 19.2 Å². The van der Waals surface area contributed by atoms with Crippen LogP contribution in [-0.4, -0.2) is 75.4 Å². The smallest absolute Gasteiger partial charge is 0.414 e. The summed E-state index contributed by atoms with van der Waals surface area (Å²) >= 11 is 1.87. The second-order valence-electron chi connectivity index (χ2n) is 7.69. The maximum absolute atomic E-state index is 9.10. The maximum atomic E-state index is 9.10. The van der Waals surface area contributed by atoms with Crippen molar-refractivity contribution >= 4 is 45.3 Å². The van der Waals surface area contributed by atoms with Crippen molar-refractivity contribution in [1.82, 2.24) is 4.90 Å². The number of aliphatic carboxylic acids is 4. The van der Waals surface area contributed by atoms with Crippen LogP contribution in [0.25, 0.3) is 20.5 Å². The molecular formula is C25H27NO9S. The molecule has 2 heterocycles. The number of rotatable bonds is 5. The van der Waals surface area contributed by atoms with E-state index in [1.807, 2.05) is 11.3 Å². The summed E-state index contributed by atoms with van der Waals surface area (Å²) in [4.78, 5) is 40.2. The van der Waals surface area contributed by atoms with Crippen LogP contribution in [0, 0.1) is 6.92 Å². The third kappa shape index (κ3) is 8.67. The largest absolute Gasteiger partial charge is 0.492 e. The number of nitrogens with zero attached hydrogens (tertiary/aromatic N) is 1. The molecule has 3 aromatic rings. The van der Waals surface area contributed by atoms with Gasteiger partial charge in [-0.3, -0.25) is 4.90 Å². The highest BCUT2D eigenvalue weighted by Gasteiger charge is 2.12. The summed E-state index contributed by atoms with van der Waals surface area (Å²) in [6.07, 6.45) is 2.67. The lowest BCUT2D eigenvalue weighted by molar-refractivity contribution is -0.159. The monoisotopic (exact) mass is 517 g/mol. The van der Waals surface area contributed by atoms with Crippen molar-refractivity contribution in [3.8, 4) is 16.2 Å². The molecule has 4 rings (SSSR count). The quantitative estimate of drug-likeness (QED) is 0.367. The molecule has 1 saturated heterocycles. The van der Waals surface area contributed by atoms with Crippen molar-refractivity contribution in [3.63, 3.8) is 0 Å². The molecule has 0 atom stereocenters. The van der Waals surface area contributed by atoms with Crippen LogP contribution in [0.3, 0.4) is 0 Å². The van der Waals surface area contributed by atoms with E-state index in [-0.39, 0.29) is 0 Å². The van der Waals surface area contributed by atoms with Crippen LogP contribution in [0.1, 0.15) is 18.4 Å². The fourth-order valence-electron chi connectivity index (χ4n) is 3.45. The number of fused-ring (bicyclic) bond motifs is 1. The Morgan fingerprint density at radius 1 is 0.833 bits per heavy atom. The van der Waals surface area contributed by atoms with Gasteiger partial charge in [0.25, 0.3) is 0 Å². The van der Waals surface area contributed by atoms with Gasteiger partial charge in [-0.2, -0.15) is 0 Å². The van der Waals surface area contributed by atoms with Gasteiger partial charge in [0, 0.05) is 16.1 Å². The number of likely N-dealkylation sites (tertiary alicyclic amines) is 1. The van der Waals surface area contributed by atoms with Crippen LogP contribution in [0.15, 0.2) is 48.5 Å². The summed E-state index contributed by atoms with van der Waals surface area (Å²) in [7, 11) is 0. The number of carbonyl (C=O) groups is 4. The highest BCUT2D eigenvalue weighted by molar-refractivity contribution is 7.22. The lowest BCUT2D eigenvalue weighted by Gasteiger charge is -2.15. The molecule has 1 aliphatic rings. The van der Waals surface area contributed by atoms with Gasteiger partial charge in [-0.05, 0) is 79.7 Å². The highest BCUT2D eigenvalue weighted by atomic mass is 32.1. The van der Waals surface area contributed by atoms with E-state index in [1.54, 1.807) is 0 Å². The minimum atomic E-state index is -1.82. The summed E-state index contributed by atoms with van der Waals surface area (Å²) in [6.45, 7) is 6.49. The van der Waals surface area contributed by atoms with Gasteiger partial charge >= 0.3 is 23.9 Å². The molecule has 0 amide bonds. The van der Waals surface area contributed by atoms with Crippen molar-refractivity contribution in [2.45, 2.75) is 19.8 Å². The van der Waals surface area contributed by atoms with Gasteiger partial charge in [0.05, 0.1) is 0 Å². The Hall–Kier alpha value is -3.96. The molecule has 0 bridgehead atoms. The van der Waals surface area contributed by atoms with Crippen LogP contribution in [0.5, 0.6) is 5.75 Å². The number of hydrogen-bond acceptors (Lipinski definition) is 7. The normalized spacial score (nSPS) is 12.6. The van der Waals surface area contributed by atoms with Crippen LogP contribution >= 0.6 is 11.3 Å². The van der Waals surface area contributed by atoms with Crippen molar-refractivity contribution < 1.29 is 44.3 Å². The first-order valence-corrected chi connectivity index (χ1v) is 11.8. The van der Waals surface area contributed by atoms with Gasteiger partial charge in [-0.1, -0.05) is 18.2 Å². The van der Waals surface area contributed by atoms with Crippen LogP contribution in [0.2, 0.25) is 0 Å². The molecule has 4 N–H and O–H groups in total. The average molecular weight is 518 g/mol. The van der Waals surface area contributed by atoms with Crippen molar-refractivity contribution in [1.29, 1.82) is 0 Å². The number of carboxylic acid groups (broad SMARTS) is 4. The molecule has 192 valence electrons. The van der Waals surface area contributed by atoms with Crippen LogP contribution < -0.4 is 4.74 Å². The Morgan fingerprint density at radius 3 is 1.86 bits per heavy atom. The fraction of sp³-hybridized carbons (Fsp3) is 0.280. The number of ether oxygens (including phenoxy) is 1. The predicted octanol–water partition coefficient (Wildman–Crippen LogP) is 3.66. The van der Waals surface area contributed by atoms with E-state index >= 15 is 0 Å².